The SMILES string of the molecule is CCOCCNC(=NC)N1CCN(c2ccccc2O)CC1.I. The van der Waals surface area contributed by atoms with Crippen molar-refractivity contribution >= 4 is 35.6 Å². The molecule has 2 rings (SSSR count). The van der Waals surface area contributed by atoms with Crippen molar-refractivity contribution in [2.45, 2.75) is 6.92 Å². The van der Waals surface area contributed by atoms with Gasteiger partial charge in [-0.2, -0.15) is 0 Å². The Hall–Kier alpha value is -1.22. The second-order valence-corrected chi connectivity index (χ2v) is 5.13. The Morgan fingerprint density at radius 2 is 1.96 bits per heavy atom. The Morgan fingerprint density at radius 1 is 1.26 bits per heavy atom. The lowest BCUT2D eigenvalue weighted by atomic mass is 10.2. The summed E-state index contributed by atoms with van der Waals surface area (Å²) in [6.07, 6.45) is 0. The predicted octanol–water partition coefficient (Wildman–Crippen LogP) is 1.74. The number of nitrogens with one attached hydrogen (secondary N) is 1. The molecule has 1 fully saturated rings. The molecule has 0 bridgehead atoms. The fourth-order valence-corrected chi connectivity index (χ4v) is 2.60. The molecule has 7 heteroatoms. The summed E-state index contributed by atoms with van der Waals surface area (Å²) in [6, 6.07) is 7.49. The molecular formula is C16H27IN4O2. The summed E-state index contributed by atoms with van der Waals surface area (Å²) in [4.78, 5) is 8.78. The van der Waals surface area contributed by atoms with E-state index in [1.54, 1.807) is 13.1 Å². The standard InChI is InChI=1S/C16H26N4O2.HI/c1-3-22-13-8-18-16(17-2)20-11-9-19(10-12-20)14-6-4-5-7-15(14)21;/h4-7,21H,3,8-13H2,1-2H3,(H,17,18);1H. The molecule has 1 aliphatic heterocycles. The van der Waals surface area contributed by atoms with E-state index in [0.29, 0.717) is 12.4 Å². The highest BCUT2D eigenvalue weighted by Crippen LogP contribution is 2.27. The number of benzene rings is 1. The molecule has 1 saturated heterocycles. The van der Waals surface area contributed by atoms with E-state index in [2.05, 4.69) is 20.1 Å². The average Bonchev–Trinajstić information content (AvgIpc) is 2.56. The summed E-state index contributed by atoms with van der Waals surface area (Å²) >= 11 is 0. The molecule has 1 aromatic carbocycles. The van der Waals surface area contributed by atoms with Crippen molar-refractivity contribution in [3.63, 3.8) is 0 Å². The molecule has 1 aliphatic rings. The number of hydrogen-bond acceptors (Lipinski definition) is 4. The number of phenols is 1. The monoisotopic (exact) mass is 434 g/mol. The van der Waals surface area contributed by atoms with Crippen LogP contribution in [0.3, 0.4) is 0 Å². The second kappa shape index (κ2) is 10.5. The minimum absolute atomic E-state index is 0. The maximum atomic E-state index is 9.95. The topological polar surface area (TPSA) is 60.3 Å². The van der Waals surface area contributed by atoms with Gasteiger partial charge >= 0.3 is 0 Å². The van der Waals surface area contributed by atoms with E-state index >= 15 is 0 Å². The fraction of sp³-hybridized carbons (Fsp3) is 0.562. The van der Waals surface area contributed by atoms with Crippen LogP contribution in [0.2, 0.25) is 0 Å². The van der Waals surface area contributed by atoms with Gasteiger partial charge in [0.15, 0.2) is 5.96 Å². The summed E-state index contributed by atoms with van der Waals surface area (Å²) in [5, 5.41) is 13.3. The van der Waals surface area contributed by atoms with Gasteiger partial charge in [0.05, 0.1) is 12.3 Å². The van der Waals surface area contributed by atoms with Crippen molar-refractivity contribution in [1.82, 2.24) is 10.2 Å². The Kier molecular flexibility index (Phi) is 9.08. The van der Waals surface area contributed by atoms with Crippen LogP contribution in [0, 0.1) is 0 Å². The maximum Gasteiger partial charge on any atom is 0.193 e. The number of nitrogens with zero attached hydrogens (tertiary/aromatic N) is 3. The van der Waals surface area contributed by atoms with E-state index in [4.69, 9.17) is 4.74 Å². The zero-order valence-corrected chi connectivity index (χ0v) is 16.2. The lowest BCUT2D eigenvalue weighted by Crippen LogP contribution is -2.53. The quantitative estimate of drug-likeness (QED) is 0.320. The highest BCUT2D eigenvalue weighted by molar-refractivity contribution is 14.0. The Morgan fingerprint density at radius 3 is 2.57 bits per heavy atom. The number of piperazine rings is 1. The number of hydrogen-bond donors (Lipinski definition) is 2. The molecule has 0 saturated carbocycles. The first-order valence-corrected chi connectivity index (χ1v) is 7.82. The van der Waals surface area contributed by atoms with Crippen LogP contribution >= 0.6 is 24.0 Å². The van der Waals surface area contributed by atoms with Crippen molar-refractivity contribution in [2.75, 3.05) is 57.9 Å². The van der Waals surface area contributed by atoms with Crippen LogP contribution in [-0.4, -0.2) is 69.0 Å². The van der Waals surface area contributed by atoms with Crippen LogP contribution in [0.5, 0.6) is 5.75 Å². The Bertz CT molecular complexity index is 491. The predicted molar refractivity (Wildman–Crippen MR) is 105 cm³/mol. The Labute approximate surface area is 155 Å². The molecule has 0 spiro atoms. The number of para-hydroxylation sites is 2. The van der Waals surface area contributed by atoms with Crippen LogP contribution in [0.4, 0.5) is 5.69 Å². The van der Waals surface area contributed by atoms with Gasteiger partial charge in [0, 0.05) is 46.4 Å². The van der Waals surface area contributed by atoms with Crippen molar-refractivity contribution in [3.8, 4) is 5.75 Å². The lowest BCUT2D eigenvalue weighted by molar-refractivity contribution is 0.151. The third-order valence-corrected chi connectivity index (χ3v) is 3.75. The van der Waals surface area contributed by atoms with Crippen LogP contribution < -0.4 is 10.2 Å². The molecule has 0 aliphatic carbocycles. The van der Waals surface area contributed by atoms with Gasteiger partial charge in [-0.3, -0.25) is 4.99 Å². The van der Waals surface area contributed by atoms with Gasteiger partial charge in [-0.25, -0.2) is 0 Å². The first-order valence-electron chi connectivity index (χ1n) is 7.82. The minimum atomic E-state index is 0. The van der Waals surface area contributed by atoms with Gasteiger partial charge in [0.2, 0.25) is 0 Å². The number of aliphatic imine (C=N–C) groups is 1. The summed E-state index contributed by atoms with van der Waals surface area (Å²) < 4.78 is 5.33. The zero-order valence-electron chi connectivity index (χ0n) is 13.9. The molecule has 130 valence electrons. The first-order chi connectivity index (χ1) is 10.8. The summed E-state index contributed by atoms with van der Waals surface area (Å²) in [5.41, 5.74) is 0.904. The number of ether oxygens (including phenoxy) is 1. The molecule has 0 unspecified atom stereocenters. The second-order valence-electron chi connectivity index (χ2n) is 5.13. The fourth-order valence-electron chi connectivity index (χ4n) is 2.60. The molecule has 1 aromatic rings. The number of phenolic OH excluding ortho intramolecular Hbond substituents is 1. The van der Waals surface area contributed by atoms with Gasteiger partial charge in [0.1, 0.15) is 5.75 Å². The normalized spacial score (nSPS) is 15.3. The van der Waals surface area contributed by atoms with Gasteiger partial charge in [-0.15, -0.1) is 24.0 Å². The van der Waals surface area contributed by atoms with E-state index in [0.717, 1.165) is 51.0 Å². The van der Waals surface area contributed by atoms with E-state index in [1.165, 1.54) is 0 Å². The number of rotatable bonds is 5. The first kappa shape index (κ1) is 19.8. The van der Waals surface area contributed by atoms with Gasteiger partial charge in [-0.1, -0.05) is 12.1 Å². The van der Waals surface area contributed by atoms with Crippen molar-refractivity contribution < 1.29 is 9.84 Å². The Balaban J connectivity index is 0.00000264. The number of aromatic hydroxyl groups is 1. The van der Waals surface area contributed by atoms with Gasteiger partial charge < -0.3 is 25.0 Å². The molecule has 6 nitrogen and oxygen atoms in total. The third kappa shape index (κ3) is 5.72. The molecule has 2 N–H and O–H groups in total. The van der Waals surface area contributed by atoms with Crippen molar-refractivity contribution in [2.24, 2.45) is 4.99 Å². The molecule has 0 radical (unpaired) electrons. The van der Waals surface area contributed by atoms with Gasteiger partial charge in [-0.05, 0) is 19.1 Å². The molecule has 23 heavy (non-hydrogen) atoms. The third-order valence-electron chi connectivity index (χ3n) is 3.75. The van der Waals surface area contributed by atoms with E-state index in [-0.39, 0.29) is 24.0 Å². The van der Waals surface area contributed by atoms with Crippen molar-refractivity contribution in [3.05, 3.63) is 24.3 Å². The molecule has 0 aromatic heterocycles. The molecular weight excluding hydrogens is 407 g/mol. The van der Waals surface area contributed by atoms with E-state index in [1.807, 2.05) is 25.1 Å². The zero-order chi connectivity index (χ0) is 15.8. The number of halogens is 1. The molecule has 1 heterocycles. The maximum absolute atomic E-state index is 9.95. The molecule has 0 atom stereocenters. The van der Waals surface area contributed by atoms with Crippen LogP contribution in [0.1, 0.15) is 6.92 Å². The average molecular weight is 434 g/mol. The van der Waals surface area contributed by atoms with Crippen LogP contribution in [-0.2, 0) is 4.74 Å². The largest absolute Gasteiger partial charge is 0.506 e. The molecule has 0 amide bonds. The van der Waals surface area contributed by atoms with Gasteiger partial charge in [0.25, 0.3) is 0 Å². The van der Waals surface area contributed by atoms with Crippen molar-refractivity contribution in [1.29, 1.82) is 0 Å². The number of anilines is 1. The summed E-state index contributed by atoms with van der Waals surface area (Å²) in [5.74, 6) is 1.26. The summed E-state index contributed by atoms with van der Waals surface area (Å²) in [7, 11) is 1.80. The van der Waals surface area contributed by atoms with E-state index < -0.39 is 0 Å². The van der Waals surface area contributed by atoms with E-state index in [9.17, 15) is 5.11 Å². The van der Waals surface area contributed by atoms with Crippen LogP contribution in [0.25, 0.3) is 0 Å². The smallest absolute Gasteiger partial charge is 0.193 e. The van der Waals surface area contributed by atoms with Crippen LogP contribution in [0.15, 0.2) is 29.3 Å². The highest BCUT2D eigenvalue weighted by atomic mass is 127. The highest BCUT2D eigenvalue weighted by Gasteiger charge is 2.20. The number of guanidine groups is 1. The summed E-state index contributed by atoms with van der Waals surface area (Å²) in [6.45, 7) is 7.67. The lowest BCUT2D eigenvalue weighted by Gasteiger charge is -2.37. The minimum Gasteiger partial charge on any atom is -0.506 e.